The Bertz CT molecular complexity index is 527. The Balaban J connectivity index is 2.10. The van der Waals surface area contributed by atoms with Gasteiger partial charge in [0.25, 0.3) is 5.91 Å². The molecule has 1 aliphatic rings. The number of carbonyl (C=O) groups excluding carboxylic acids is 1. The third kappa shape index (κ3) is 3.81. The van der Waals surface area contributed by atoms with Crippen LogP contribution in [0.25, 0.3) is 0 Å². The maximum atomic E-state index is 12.6. The summed E-state index contributed by atoms with van der Waals surface area (Å²) >= 11 is 1.50. The van der Waals surface area contributed by atoms with E-state index < -0.39 is 11.9 Å². The predicted molar refractivity (Wildman–Crippen MR) is 81.5 cm³/mol. The zero-order valence-corrected chi connectivity index (χ0v) is 13.5. The van der Waals surface area contributed by atoms with E-state index >= 15 is 0 Å². The molecule has 2 heterocycles. The number of thiazole rings is 1. The summed E-state index contributed by atoms with van der Waals surface area (Å²) < 4.78 is 0. The minimum absolute atomic E-state index is 0.0725. The molecule has 5 nitrogen and oxygen atoms in total. The molecular weight excluding hydrogens is 288 g/mol. The molecule has 6 heteroatoms. The average molecular weight is 310 g/mol. The van der Waals surface area contributed by atoms with E-state index in [0.29, 0.717) is 18.0 Å². The Morgan fingerprint density at radius 1 is 1.48 bits per heavy atom. The van der Waals surface area contributed by atoms with Gasteiger partial charge in [0.2, 0.25) is 0 Å². The maximum Gasteiger partial charge on any atom is 0.308 e. The number of carboxylic acid groups (broad SMARTS) is 1. The summed E-state index contributed by atoms with van der Waals surface area (Å²) in [5.41, 5.74) is 0.452. The maximum absolute atomic E-state index is 12.6. The Hall–Kier alpha value is -1.43. The minimum atomic E-state index is -0.821. The van der Waals surface area contributed by atoms with Crippen LogP contribution in [0.2, 0.25) is 0 Å². The standard InChI is InChI=1S/C15H22N2O3S/c1-9(2)6-13-16-12(8-21-13)14(18)17-7-11(15(19)20)5-4-10(17)3/h8-11H,4-7H2,1-3H3,(H,19,20). The van der Waals surface area contributed by atoms with Crippen LogP contribution in [0.5, 0.6) is 0 Å². The summed E-state index contributed by atoms with van der Waals surface area (Å²) in [5.74, 6) is -0.915. The minimum Gasteiger partial charge on any atom is -0.481 e. The lowest BCUT2D eigenvalue weighted by Gasteiger charge is -2.36. The number of carbonyl (C=O) groups is 2. The first kappa shape index (κ1) is 15.9. The van der Waals surface area contributed by atoms with Crippen molar-refractivity contribution in [1.29, 1.82) is 0 Å². The van der Waals surface area contributed by atoms with Crippen LogP contribution < -0.4 is 0 Å². The molecule has 1 aromatic rings. The molecule has 0 bridgehead atoms. The number of aliphatic carboxylic acids is 1. The highest BCUT2D eigenvalue weighted by atomic mass is 32.1. The Kier molecular flexibility index (Phi) is 4.98. The first-order valence-electron chi connectivity index (χ1n) is 7.36. The van der Waals surface area contributed by atoms with Crippen LogP contribution in [0, 0.1) is 11.8 Å². The molecule has 1 fully saturated rings. The number of hydrogen-bond donors (Lipinski definition) is 1. The van der Waals surface area contributed by atoms with Gasteiger partial charge in [0.05, 0.1) is 10.9 Å². The second kappa shape index (κ2) is 6.56. The summed E-state index contributed by atoms with van der Waals surface area (Å²) in [5, 5.41) is 11.9. The van der Waals surface area contributed by atoms with E-state index in [2.05, 4.69) is 18.8 Å². The van der Waals surface area contributed by atoms with Crippen molar-refractivity contribution in [1.82, 2.24) is 9.88 Å². The highest BCUT2D eigenvalue weighted by Crippen LogP contribution is 2.24. The normalized spacial score (nSPS) is 22.6. The predicted octanol–water partition coefficient (Wildman–Crippen LogP) is 2.67. The van der Waals surface area contributed by atoms with Crippen molar-refractivity contribution < 1.29 is 14.7 Å². The zero-order valence-electron chi connectivity index (χ0n) is 12.7. The third-order valence-corrected chi connectivity index (χ3v) is 4.72. The Morgan fingerprint density at radius 3 is 2.81 bits per heavy atom. The number of aromatic nitrogens is 1. The molecule has 2 atom stereocenters. The fourth-order valence-electron chi connectivity index (χ4n) is 2.59. The fourth-order valence-corrected chi connectivity index (χ4v) is 3.57. The molecule has 0 spiro atoms. The number of carboxylic acids is 1. The van der Waals surface area contributed by atoms with Gasteiger partial charge in [0.1, 0.15) is 5.69 Å². The molecule has 1 aromatic heterocycles. The molecule has 0 aromatic carbocycles. The summed E-state index contributed by atoms with van der Waals surface area (Å²) in [6.45, 7) is 6.49. The number of rotatable bonds is 4. The largest absolute Gasteiger partial charge is 0.481 e. The van der Waals surface area contributed by atoms with Gasteiger partial charge < -0.3 is 10.0 Å². The second-order valence-electron chi connectivity index (χ2n) is 6.14. The number of piperidine rings is 1. The van der Waals surface area contributed by atoms with E-state index in [-0.39, 0.29) is 18.5 Å². The monoisotopic (exact) mass is 310 g/mol. The van der Waals surface area contributed by atoms with Crippen LogP contribution in [-0.2, 0) is 11.2 Å². The zero-order chi connectivity index (χ0) is 15.6. The van der Waals surface area contributed by atoms with E-state index in [4.69, 9.17) is 5.11 Å². The van der Waals surface area contributed by atoms with Crippen molar-refractivity contribution in [2.75, 3.05) is 6.54 Å². The van der Waals surface area contributed by atoms with Crippen molar-refractivity contribution >= 4 is 23.2 Å². The lowest BCUT2D eigenvalue weighted by Crippen LogP contribution is -2.47. The molecule has 1 amide bonds. The van der Waals surface area contributed by atoms with Gasteiger partial charge >= 0.3 is 5.97 Å². The van der Waals surface area contributed by atoms with E-state index in [9.17, 15) is 9.59 Å². The van der Waals surface area contributed by atoms with E-state index in [1.807, 2.05) is 6.92 Å². The molecule has 21 heavy (non-hydrogen) atoms. The van der Waals surface area contributed by atoms with Crippen molar-refractivity contribution in [3.05, 3.63) is 16.1 Å². The first-order valence-corrected chi connectivity index (χ1v) is 8.24. The van der Waals surface area contributed by atoms with Gasteiger partial charge in [0, 0.05) is 24.4 Å². The molecular formula is C15H22N2O3S. The summed E-state index contributed by atoms with van der Waals surface area (Å²) in [6.07, 6.45) is 2.23. The summed E-state index contributed by atoms with van der Waals surface area (Å²) in [6, 6.07) is 0.0725. The Labute approximate surface area is 129 Å². The van der Waals surface area contributed by atoms with Gasteiger partial charge in [-0.25, -0.2) is 4.98 Å². The number of amides is 1. The molecule has 0 saturated carbocycles. The van der Waals surface area contributed by atoms with Gasteiger partial charge in [-0.15, -0.1) is 11.3 Å². The fraction of sp³-hybridized carbons (Fsp3) is 0.667. The van der Waals surface area contributed by atoms with Crippen LogP contribution in [0.1, 0.15) is 49.1 Å². The topological polar surface area (TPSA) is 70.5 Å². The number of hydrogen-bond acceptors (Lipinski definition) is 4. The van der Waals surface area contributed by atoms with Crippen molar-refractivity contribution in [3.63, 3.8) is 0 Å². The average Bonchev–Trinajstić information content (AvgIpc) is 2.85. The van der Waals surface area contributed by atoms with Crippen LogP contribution >= 0.6 is 11.3 Å². The van der Waals surface area contributed by atoms with Crippen LogP contribution in [0.3, 0.4) is 0 Å². The second-order valence-corrected chi connectivity index (χ2v) is 7.09. The molecule has 2 rings (SSSR count). The van der Waals surface area contributed by atoms with Crippen LogP contribution in [-0.4, -0.2) is 39.5 Å². The highest BCUT2D eigenvalue weighted by Gasteiger charge is 2.33. The van der Waals surface area contributed by atoms with E-state index in [1.165, 1.54) is 11.3 Å². The van der Waals surface area contributed by atoms with Crippen LogP contribution in [0.4, 0.5) is 0 Å². The summed E-state index contributed by atoms with van der Waals surface area (Å²) in [7, 11) is 0. The van der Waals surface area contributed by atoms with Gasteiger partial charge in [-0.05, 0) is 25.7 Å². The first-order chi connectivity index (χ1) is 9.88. The highest BCUT2D eigenvalue weighted by molar-refractivity contribution is 7.09. The van der Waals surface area contributed by atoms with E-state index in [1.54, 1.807) is 10.3 Å². The smallest absolute Gasteiger partial charge is 0.308 e. The molecule has 1 aliphatic heterocycles. The summed E-state index contributed by atoms with van der Waals surface area (Å²) in [4.78, 5) is 29.8. The van der Waals surface area contributed by atoms with Gasteiger partial charge in [-0.3, -0.25) is 9.59 Å². The Morgan fingerprint density at radius 2 is 2.19 bits per heavy atom. The molecule has 116 valence electrons. The van der Waals surface area contributed by atoms with Crippen molar-refractivity contribution in [2.24, 2.45) is 11.8 Å². The molecule has 1 N–H and O–H groups in total. The van der Waals surface area contributed by atoms with Gasteiger partial charge in [0.15, 0.2) is 0 Å². The molecule has 0 radical (unpaired) electrons. The lowest BCUT2D eigenvalue weighted by atomic mass is 9.93. The third-order valence-electron chi connectivity index (χ3n) is 3.85. The molecule has 0 aliphatic carbocycles. The SMILES string of the molecule is CC(C)Cc1nc(C(=O)N2CC(C(=O)O)CCC2C)cs1. The quantitative estimate of drug-likeness (QED) is 0.928. The number of nitrogens with zero attached hydrogens (tertiary/aromatic N) is 2. The van der Waals surface area contributed by atoms with Crippen molar-refractivity contribution in [3.8, 4) is 0 Å². The lowest BCUT2D eigenvalue weighted by molar-refractivity contribution is -0.143. The number of likely N-dealkylation sites (tertiary alicyclic amines) is 1. The van der Waals surface area contributed by atoms with Crippen molar-refractivity contribution in [2.45, 2.75) is 46.1 Å². The molecule has 2 unspecified atom stereocenters. The van der Waals surface area contributed by atoms with Gasteiger partial charge in [-0.2, -0.15) is 0 Å². The van der Waals surface area contributed by atoms with Crippen LogP contribution in [0.15, 0.2) is 5.38 Å². The van der Waals surface area contributed by atoms with E-state index in [0.717, 1.165) is 17.8 Å². The van der Waals surface area contributed by atoms with Gasteiger partial charge in [-0.1, -0.05) is 13.8 Å². The molecule has 1 saturated heterocycles.